The molecule has 3 heterocycles. The van der Waals surface area contributed by atoms with Crippen LogP contribution in [0.25, 0.3) is 21.7 Å². The fraction of sp³-hybridized carbons (Fsp3) is 0.0952. The number of anilines is 1. The Labute approximate surface area is 154 Å². The van der Waals surface area contributed by atoms with Crippen molar-refractivity contribution < 1.29 is 9.59 Å². The average Bonchev–Trinajstić information content (AvgIpc) is 3.22. The molecule has 1 atom stereocenters. The molecule has 1 aliphatic heterocycles. The first-order valence-electron chi connectivity index (χ1n) is 8.74. The second-order valence-corrected chi connectivity index (χ2v) is 6.62. The Morgan fingerprint density at radius 1 is 0.963 bits per heavy atom. The second-order valence-electron chi connectivity index (χ2n) is 6.62. The zero-order valence-corrected chi connectivity index (χ0v) is 14.3. The van der Waals surface area contributed by atoms with Crippen molar-refractivity contribution in [1.29, 1.82) is 0 Å². The number of hydrogen-bond acceptors (Lipinski definition) is 3. The largest absolute Gasteiger partial charge is 0.361 e. The normalized spacial score (nSPS) is 17.0. The van der Waals surface area contributed by atoms with Crippen LogP contribution < -0.4 is 10.2 Å². The predicted molar refractivity (Wildman–Crippen MR) is 104 cm³/mol. The zero-order valence-electron chi connectivity index (χ0n) is 14.3. The number of para-hydroxylation sites is 1. The third-order valence-electron chi connectivity index (χ3n) is 5.01. The summed E-state index contributed by atoms with van der Waals surface area (Å²) in [6, 6.07) is 14.5. The number of aromatic amines is 1. The number of urea groups is 1. The minimum Gasteiger partial charge on any atom is -0.361 e. The van der Waals surface area contributed by atoms with Crippen molar-refractivity contribution in [3.8, 4) is 0 Å². The third kappa shape index (κ3) is 2.45. The fourth-order valence-electron chi connectivity index (χ4n) is 3.70. The number of fused-ring (bicyclic) bond motifs is 2. The molecule has 0 saturated carbocycles. The van der Waals surface area contributed by atoms with E-state index in [1.165, 1.54) is 4.90 Å². The lowest BCUT2D eigenvalue weighted by atomic mass is 10.0. The highest BCUT2D eigenvalue weighted by Crippen LogP contribution is 2.29. The summed E-state index contributed by atoms with van der Waals surface area (Å²) in [6.07, 6.45) is 5.62. The maximum absolute atomic E-state index is 13.0. The zero-order chi connectivity index (χ0) is 18.4. The third-order valence-corrected chi connectivity index (χ3v) is 5.01. The quantitative estimate of drug-likeness (QED) is 0.552. The van der Waals surface area contributed by atoms with Gasteiger partial charge in [-0.25, -0.2) is 9.69 Å². The molecule has 2 aromatic carbocycles. The Morgan fingerprint density at radius 3 is 2.63 bits per heavy atom. The van der Waals surface area contributed by atoms with Gasteiger partial charge in [0.1, 0.15) is 6.04 Å². The van der Waals surface area contributed by atoms with E-state index in [4.69, 9.17) is 0 Å². The molecule has 0 unspecified atom stereocenters. The number of benzene rings is 2. The molecule has 4 aromatic rings. The standard InChI is InChI=1S/C21H16N4O2/c26-20-18(9-14-11-23-17-8-4-3-6-15(14)17)24-21(27)25(20)19-12-22-10-13-5-1-2-7-16(13)19/h1-8,10-12,18,23H,9H2,(H,24,27)/t18-/m0/s1. The van der Waals surface area contributed by atoms with Crippen molar-refractivity contribution in [3.63, 3.8) is 0 Å². The molecule has 6 heteroatoms. The average molecular weight is 356 g/mol. The lowest BCUT2D eigenvalue weighted by molar-refractivity contribution is -0.118. The number of rotatable bonds is 3. The summed E-state index contributed by atoms with van der Waals surface area (Å²) < 4.78 is 0. The summed E-state index contributed by atoms with van der Waals surface area (Å²) in [5.74, 6) is -0.261. The number of carbonyl (C=O) groups excluding carboxylic acids is 2. The maximum Gasteiger partial charge on any atom is 0.329 e. The van der Waals surface area contributed by atoms with Crippen LogP contribution in [0.2, 0.25) is 0 Å². The van der Waals surface area contributed by atoms with E-state index in [9.17, 15) is 9.59 Å². The van der Waals surface area contributed by atoms with Crippen LogP contribution in [0.1, 0.15) is 5.56 Å². The Morgan fingerprint density at radius 2 is 1.74 bits per heavy atom. The van der Waals surface area contributed by atoms with Gasteiger partial charge >= 0.3 is 6.03 Å². The number of pyridine rings is 1. The number of aromatic nitrogens is 2. The van der Waals surface area contributed by atoms with Crippen LogP contribution >= 0.6 is 0 Å². The minimum absolute atomic E-state index is 0.261. The first-order chi connectivity index (χ1) is 13.2. The van der Waals surface area contributed by atoms with Gasteiger partial charge in [-0.2, -0.15) is 0 Å². The number of carbonyl (C=O) groups is 2. The topological polar surface area (TPSA) is 78.1 Å². The summed E-state index contributed by atoms with van der Waals surface area (Å²) >= 11 is 0. The molecule has 0 radical (unpaired) electrons. The Balaban J connectivity index is 1.50. The van der Waals surface area contributed by atoms with Crippen molar-refractivity contribution in [2.45, 2.75) is 12.5 Å². The summed E-state index contributed by atoms with van der Waals surface area (Å²) in [5.41, 5.74) is 2.53. The van der Waals surface area contributed by atoms with E-state index in [1.54, 1.807) is 12.4 Å². The van der Waals surface area contributed by atoms with Crippen LogP contribution in [0.3, 0.4) is 0 Å². The Kier molecular flexibility index (Phi) is 3.43. The van der Waals surface area contributed by atoms with E-state index in [-0.39, 0.29) is 5.91 Å². The molecule has 2 N–H and O–H groups in total. The number of amides is 3. The molecule has 132 valence electrons. The van der Waals surface area contributed by atoms with Crippen LogP contribution in [-0.4, -0.2) is 27.9 Å². The minimum atomic E-state index is -0.601. The molecule has 1 aliphatic rings. The molecular formula is C21H16N4O2. The van der Waals surface area contributed by atoms with Gasteiger partial charge in [-0.1, -0.05) is 42.5 Å². The molecule has 1 saturated heterocycles. The molecule has 5 rings (SSSR count). The van der Waals surface area contributed by atoms with E-state index >= 15 is 0 Å². The van der Waals surface area contributed by atoms with Gasteiger partial charge in [0.15, 0.2) is 0 Å². The van der Waals surface area contributed by atoms with Crippen molar-refractivity contribution in [1.82, 2.24) is 15.3 Å². The van der Waals surface area contributed by atoms with Gasteiger partial charge < -0.3 is 10.3 Å². The van der Waals surface area contributed by atoms with Crippen molar-refractivity contribution >= 4 is 39.3 Å². The summed E-state index contributed by atoms with van der Waals surface area (Å²) in [5, 5.41) is 5.58. The van der Waals surface area contributed by atoms with Gasteiger partial charge in [0.2, 0.25) is 0 Å². The lowest BCUT2D eigenvalue weighted by Crippen LogP contribution is -2.32. The van der Waals surface area contributed by atoms with Crippen molar-refractivity contribution in [2.24, 2.45) is 0 Å². The van der Waals surface area contributed by atoms with Crippen LogP contribution in [-0.2, 0) is 11.2 Å². The molecule has 3 amide bonds. The molecule has 2 aromatic heterocycles. The summed E-state index contributed by atoms with van der Waals surface area (Å²) in [6.45, 7) is 0. The van der Waals surface area contributed by atoms with E-state index < -0.39 is 12.1 Å². The van der Waals surface area contributed by atoms with Crippen molar-refractivity contribution in [3.05, 3.63) is 72.7 Å². The van der Waals surface area contributed by atoms with Gasteiger partial charge in [-0.05, 0) is 11.6 Å². The molecule has 1 fully saturated rings. The smallest absolute Gasteiger partial charge is 0.329 e. The van der Waals surface area contributed by atoms with E-state index in [1.807, 2.05) is 54.7 Å². The first kappa shape index (κ1) is 15.6. The van der Waals surface area contributed by atoms with Crippen LogP contribution in [0.5, 0.6) is 0 Å². The van der Waals surface area contributed by atoms with Crippen LogP contribution in [0, 0.1) is 0 Å². The summed E-state index contributed by atoms with van der Waals surface area (Å²) in [7, 11) is 0. The Hall–Kier alpha value is -3.67. The van der Waals surface area contributed by atoms with Crippen LogP contribution in [0.15, 0.2) is 67.1 Å². The molecule has 0 spiro atoms. The monoisotopic (exact) mass is 356 g/mol. The Bertz CT molecular complexity index is 1190. The second kappa shape index (κ2) is 5.95. The highest BCUT2D eigenvalue weighted by atomic mass is 16.2. The number of nitrogens with one attached hydrogen (secondary N) is 2. The SMILES string of the molecule is O=C1N[C@@H](Cc2c[nH]c3ccccc23)C(=O)N1c1cncc2ccccc12. The van der Waals surface area contributed by atoms with Crippen LogP contribution in [0.4, 0.5) is 10.5 Å². The number of nitrogens with zero attached hydrogens (tertiary/aromatic N) is 2. The highest BCUT2D eigenvalue weighted by Gasteiger charge is 2.40. The maximum atomic E-state index is 13.0. The molecular weight excluding hydrogens is 340 g/mol. The fourth-order valence-corrected chi connectivity index (χ4v) is 3.70. The molecule has 27 heavy (non-hydrogen) atoms. The predicted octanol–water partition coefficient (Wildman–Crippen LogP) is 3.38. The van der Waals surface area contributed by atoms with Crippen molar-refractivity contribution in [2.75, 3.05) is 4.90 Å². The van der Waals surface area contributed by atoms with E-state index in [0.29, 0.717) is 12.1 Å². The molecule has 6 nitrogen and oxygen atoms in total. The van der Waals surface area contributed by atoms with Gasteiger partial charge in [-0.3, -0.25) is 9.78 Å². The van der Waals surface area contributed by atoms with Gasteiger partial charge in [0.25, 0.3) is 5.91 Å². The number of H-pyrrole nitrogens is 1. The molecule has 0 aliphatic carbocycles. The first-order valence-corrected chi connectivity index (χ1v) is 8.74. The van der Waals surface area contributed by atoms with Gasteiger partial charge in [-0.15, -0.1) is 0 Å². The summed E-state index contributed by atoms with van der Waals surface area (Å²) in [4.78, 5) is 34.2. The number of hydrogen-bond donors (Lipinski definition) is 2. The lowest BCUT2D eigenvalue weighted by Gasteiger charge is -2.15. The molecule has 0 bridgehead atoms. The van der Waals surface area contributed by atoms with E-state index in [2.05, 4.69) is 15.3 Å². The number of imide groups is 1. The van der Waals surface area contributed by atoms with Gasteiger partial charge in [0.05, 0.1) is 11.9 Å². The van der Waals surface area contributed by atoms with Gasteiger partial charge in [0, 0.05) is 40.5 Å². The highest BCUT2D eigenvalue weighted by molar-refractivity contribution is 6.24. The van der Waals surface area contributed by atoms with E-state index in [0.717, 1.165) is 27.2 Å².